The summed E-state index contributed by atoms with van der Waals surface area (Å²) in [6.45, 7) is 1.63. The van der Waals surface area contributed by atoms with E-state index in [0.717, 1.165) is 10.5 Å². The Labute approximate surface area is 120 Å². The van der Waals surface area contributed by atoms with Gasteiger partial charge in [0.1, 0.15) is 18.7 Å². The van der Waals surface area contributed by atoms with Crippen molar-refractivity contribution in [2.45, 2.75) is 13.5 Å². The first-order valence-corrected chi connectivity index (χ1v) is 6.24. The molecule has 0 saturated heterocycles. The molecule has 2 aromatic rings. The van der Waals surface area contributed by atoms with Crippen LogP contribution in [0.2, 0.25) is 0 Å². The molecule has 0 aliphatic carbocycles. The van der Waals surface area contributed by atoms with Crippen LogP contribution in [0.15, 0.2) is 30.6 Å². The molecule has 0 spiro atoms. The van der Waals surface area contributed by atoms with E-state index in [1.165, 1.54) is 6.33 Å². The lowest BCUT2D eigenvalue weighted by atomic mass is 10.2. The van der Waals surface area contributed by atoms with Gasteiger partial charge in [0.15, 0.2) is 0 Å². The minimum Gasteiger partial charge on any atom is -0.480 e. The highest BCUT2D eigenvalue weighted by molar-refractivity contribution is 5.96. The number of urea groups is 1. The summed E-state index contributed by atoms with van der Waals surface area (Å²) in [4.78, 5) is 28.1. The first kappa shape index (κ1) is 14.5. The normalized spacial score (nSPS) is 10.1. The third-order valence-corrected chi connectivity index (χ3v) is 2.76. The van der Waals surface area contributed by atoms with Crippen LogP contribution in [0.1, 0.15) is 11.4 Å². The van der Waals surface area contributed by atoms with Gasteiger partial charge in [-0.05, 0) is 19.1 Å². The lowest BCUT2D eigenvalue weighted by Gasteiger charge is -2.21. The third kappa shape index (κ3) is 4.03. The second kappa shape index (κ2) is 6.51. The summed E-state index contributed by atoms with van der Waals surface area (Å²) in [7, 11) is 0. The number of hydrogen-bond donors (Lipinski definition) is 3. The Hall–Kier alpha value is -2.90. The number of aromatic amines is 1. The number of aryl methyl sites for hydroxylation is 1. The molecule has 1 aromatic carbocycles. The SMILES string of the molecule is Cc1ccc(N(CC(=O)O)C(=O)NCc2ncn[nH]2)cc1. The van der Waals surface area contributed by atoms with Gasteiger partial charge in [0.25, 0.3) is 0 Å². The highest BCUT2D eigenvalue weighted by atomic mass is 16.4. The predicted octanol–water partition coefficient (Wildman–Crippen LogP) is 0.914. The van der Waals surface area contributed by atoms with Gasteiger partial charge < -0.3 is 10.4 Å². The summed E-state index contributed by atoms with van der Waals surface area (Å²) in [6.07, 6.45) is 1.33. The quantitative estimate of drug-likeness (QED) is 0.757. The minimum atomic E-state index is -1.09. The average molecular weight is 289 g/mol. The van der Waals surface area contributed by atoms with Crippen molar-refractivity contribution in [3.8, 4) is 0 Å². The van der Waals surface area contributed by atoms with Gasteiger partial charge >= 0.3 is 12.0 Å². The Morgan fingerprint density at radius 1 is 1.33 bits per heavy atom. The molecule has 110 valence electrons. The Morgan fingerprint density at radius 3 is 2.62 bits per heavy atom. The lowest BCUT2D eigenvalue weighted by Crippen LogP contribution is -2.42. The van der Waals surface area contributed by atoms with Crippen molar-refractivity contribution in [2.24, 2.45) is 0 Å². The molecule has 0 bridgehead atoms. The largest absolute Gasteiger partial charge is 0.480 e. The maximum Gasteiger partial charge on any atom is 0.323 e. The molecule has 2 rings (SSSR count). The molecule has 1 aromatic heterocycles. The molecule has 0 atom stereocenters. The third-order valence-electron chi connectivity index (χ3n) is 2.76. The number of carbonyl (C=O) groups is 2. The second-order valence-electron chi connectivity index (χ2n) is 4.41. The maximum atomic E-state index is 12.1. The number of aliphatic carboxylic acids is 1. The van der Waals surface area contributed by atoms with Gasteiger partial charge in [-0.3, -0.25) is 14.8 Å². The topological polar surface area (TPSA) is 111 Å². The first-order valence-electron chi connectivity index (χ1n) is 6.24. The fourth-order valence-electron chi connectivity index (χ4n) is 1.71. The number of amides is 2. The number of rotatable bonds is 5. The summed E-state index contributed by atoms with van der Waals surface area (Å²) in [5.41, 5.74) is 1.54. The van der Waals surface area contributed by atoms with E-state index < -0.39 is 18.5 Å². The van der Waals surface area contributed by atoms with Gasteiger partial charge in [-0.25, -0.2) is 9.78 Å². The number of hydrogen-bond acceptors (Lipinski definition) is 4. The van der Waals surface area contributed by atoms with Crippen LogP contribution in [-0.2, 0) is 11.3 Å². The van der Waals surface area contributed by atoms with E-state index in [9.17, 15) is 9.59 Å². The standard InChI is InChI=1S/C13H15N5O3/c1-9-2-4-10(5-3-9)18(7-12(19)20)13(21)14-6-11-15-8-16-17-11/h2-5,8H,6-7H2,1H3,(H,14,21)(H,19,20)(H,15,16,17). The number of nitrogens with zero attached hydrogens (tertiary/aromatic N) is 3. The molecule has 0 fully saturated rings. The van der Waals surface area contributed by atoms with E-state index in [-0.39, 0.29) is 6.54 Å². The molecule has 0 saturated carbocycles. The summed E-state index contributed by atoms with van der Waals surface area (Å²) in [5.74, 6) is -0.604. The van der Waals surface area contributed by atoms with Crippen molar-refractivity contribution < 1.29 is 14.7 Å². The molecule has 8 heteroatoms. The van der Waals surface area contributed by atoms with E-state index in [4.69, 9.17) is 5.11 Å². The lowest BCUT2D eigenvalue weighted by molar-refractivity contribution is -0.135. The van der Waals surface area contributed by atoms with Gasteiger partial charge in [-0.2, -0.15) is 5.10 Å². The Bertz CT molecular complexity index is 609. The first-order chi connectivity index (χ1) is 10.1. The van der Waals surface area contributed by atoms with Crippen LogP contribution in [0.3, 0.4) is 0 Å². The molecule has 0 radical (unpaired) electrons. The van der Waals surface area contributed by atoms with Gasteiger partial charge in [-0.15, -0.1) is 0 Å². The van der Waals surface area contributed by atoms with Gasteiger partial charge in [0.2, 0.25) is 0 Å². The molecule has 1 heterocycles. The molecule has 2 amide bonds. The van der Waals surface area contributed by atoms with Crippen LogP contribution in [0, 0.1) is 6.92 Å². The van der Waals surface area contributed by atoms with Gasteiger partial charge in [0, 0.05) is 5.69 Å². The number of aromatic nitrogens is 3. The van der Waals surface area contributed by atoms with Crippen LogP contribution in [0.5, 0.6) is 0 Å². The van der Waals surface area contributed by atoms with Crippen molar-refractivity contribution in [3.05, 3.63) is 42.0 Å². The summed E-state index contributed by atoms with van der Waals surface area (Å²) in [5, 5.41) is 17.8. The zero-order valence-corrected chi connectivity index (χ0v) is 11.4. The van der Waals surface area contributed by atoms with Crippen LogP contribution in [-0.4, -0.2) is 38.8 Å². The smallest absolute Gasteiger partial charge is 0.323 e. The van der Waals surface area contributed by atoms with E-state index in [2.05, 4.69) is 20.5 Å². The van der Waals surface area contributed by atoms with Crippen molar-refractivity contribution in [1.29, 1.82) is 0 Å². The fraction of sp³-hybridized carbons (Fsp3) is 0.231. The van der Waals surface area contributed by atoms with Crippen molar-refractivity contribution in [2.75, 3.05) is 11.4 Å². The Balaban J connectivity index is 2.09. The van der Waals surface area contributed by atoms with Crippen LogP contribution >= 0.6 is 0 Å². The molecule has 0 aliphatic rings. The number of carboxylic acid groups (broad SMARTS) is 1. The summed E-state index contributed by atoms with van der Waals surface area (Å²) < 4.78 is 0. The zero-order chi connectivity index (χ0) is 15.2. The van der Waals surface area contributed by atoms with Gasteiger partial charge in [0.05, 0.1) is 6.54 Å². The Kier molecular flexibility index (Phi) is 4.50. The van der Waals surface area contributed by atoms with Crippen LogP contribution in [0.4, 0.5) is 10.5 Å². The van der Waals surface area contributed by atoms with E-state index in [0.29, 0.717) is 11.5 Å². The van der Waals surface area contributed by atoms with E-state index in [1.54, 1.807) is 12.1 Å². The Morgan fingerprint density at radius 2 is 2.05 bits per heavy atom. The van der Waals surface area contributed by atoms with E-state index >= 15 is 0 Å². The molecule has 0 unspecified atom stereocenters. The second-order valence-corrected chi connectivity index (χ2v) is 4.41. The van der Waals surface area contributed by atoms with Crippen molar-refractivity contribution >= 4 is 17.7 Å². The summed E-state index contributed by atoms with van der Waals surface area (Å²) >= 11 is 0. The zero-order valence-electron chi connectivity index (χ0n) is 11.4. The number of carboxylic acids is 1. The molecular weight excluding hydrogens is 274 g/mol. The number of benzene rings is 1. The minimum absolute atomic E-state index is 0.140. The highest BCUT2D eigenvalue weighted by Crippen LogP contribution is 2.15. The molecule has 3 N–H and O–H groups in total. The number of nitrogens with one attached hydrogen (secondary N) is 2. The average Bonchev–Trinajstić information content (AvgIpc) is 2.96. The fourth-order valence-corrected chi connectivity index (χ4v) is 1.71. The molecule has 8 nitrogen and oxygen atoms in total. The number of carbonyl (C=O) groups excluding carboxylic acids is 1. The predicted molar refractivity (Wildman–Crippen MR) is 74.8 cm³/mol. The van der Waals surface area contributed by atoms with E-state index in [1.807, 2.05) is 19.1 Å². The van der Waals surface area contributed by atoms with Crippen LogP contribution in [0.25, 0.3) is 0 Å². The molecular formula is C13H15N5O3. The van der Waals surface area contributed by atoms with Crippen molar-refractivity contribution in [1.82, 2.24) is 20.5 Å². The number of H-pyrrole nitrogens is 1. The van der Waals surface area contributed by atoms with Crippen molar-refractivity contribution in [3.63, 3.8) is 0 Å². The molecule has 21 heavy (non-hydrogen) atoms. The van der Waals surface area contributed by atoms with Gasteiger partial charge in [-0.1, -0.05) is 17.7 Å². The highest BCUT2D eigenvalue weighted by Gasteiger charge is 2.18. The maximum absolute atomic E-state index is 12.1. The van der Waals surface area contributed by atoms with Crippen LogP contribution < -0.4 is 10.2 Å². The number of anilines is 1. The molecule has 0 aliphatic heterocycles. The monoisotopic (exact) mass is 289 g/mol. The summed E-state index contributed by atoms with van der Waals surface area (Å²) in [6, 6.07) is 6.51.